The molecule has 0 spiro atoms. The predicted octanol–water partition coefficient (Wildman–Crippen LogP) is 3.13. The molecule has 0 radical (unpaired) electrons. The molecule has 1 saturated carbocycles. The SMILES string of the molecule is CNCCC1CCN(C(=O)C2(c3ccc(F)cc3)CC2)CC1.Cl. The summed E-state index contributed by atoms with van der Waals surface area (Å²) in [4.78, 5) is 14.9. The van der Waals surface area contributed by atoms with Crippen molar-refractivity contribution in [2.24, 2.45) is 5.92 Å². The zero-order valence-corrected chi connectivity index (χ0v) is 14.5. The molecular weight excluding hydrogens is 315 g/mol. The molecule has 1 saturated heterocycles. The van der Waals surface area contributed by atoms with Crippen LogP contribution in [0.4, 0.5) is 4.39 Å². The van der Waals surface area contributed by atoms with Gasteiger partial charge in [-0.1, -0.05) is 12.1 Å². The van der Waals surface area contributed by atoms with Crippen LogP contribution in [0, 0.1) is 11.7 Å². The topological polar surface area (TPSA) is 32.3 Å². The molecule has 23 heavy (non-hydrogen) atoms. The standard InChI is InChI=1S/C18H25FN2O.ClH/c1-20-11-6-14-7-12-21(13-8-14)17(22)18(9-10-18)15-2-4-16(19)5-3-15;/h2-5,14,20H,6-13H2,1H3;1H. The lowest BCUT2D eigenvalue weighted by Crippen LogP contribution is -2.44. The molecule has 0 aromatic heterocycles. The largest absolute Gasteiger partial charge is 0.342 e. The molecule has 1 amide bonds. The molecule has 1 aliphatic heterocycles. The number of amides is 1. The second-order valence-electron chi connectivity index (χ2n) is 6.72. The fourth-order valence-electron chi connectivity index (χ4n) is 3.60. The van der Waals surface area contributed by atoms with Crippen molar-refractivity contribution < 1.29 is 9.18 Å². The molecule has 3 rings (SSSR count). The first kappa shape index (κ1) is 18.2. The predicted molar refractivity (Wildman–Crippen MR) is 92.4 cm³/mol. The first-order valence-electron chi connectivity index (χ1n) is 8.36. The molecule has 0 atom stereocenters. The van der Waals surface area contributed by atoms with E-state index in [1.165, 1.54) is 18.6 Å². The normalized spacial score (nSPS) is 20.0. The van der Waals surface area contributed by atoms with Gasteiger partial charge in [-0.2, -0.15) is 0 Å². The summed E-state index contributed by atoms with van der Waals surface area (Å²) in [5.74, 6) is 0.751. The van der Waals surface area contributed by atoms with Crippen molar-refractivity contribution in [2.45, 2.75) is 37.5 Å². The fraction of sp³-hybridized carbons (Fsp3) is 0.611. The van der Waals surface area contributed by atoms with Crippen molar-refractivity contribution >= 4 is 18.3 Å². The number of benzene rings is 1. The van der Waals surface area contributed by atoms with Crippen LogP contribution in [0.25, 0.3) is 0 Å². The van der Waals surface area contributed by atoms with E-state index in [9.17, 15) is 9.18 Å². The van der Waals surface area contributed by atoms with Crippen LogP contribution in [-0.4, -0.2) is 37.5 Å². The van der Waals surface area contributed by atoms with Crippen LogP contribution < -0.4 is 5.32 Å². The van der Waals surface area contributed by atoms with Crippen molar-refractivity contribution in [1.29, 1.82) is 0 Å². The lowest BCUT2D eigenvalue weighted by Gasteiger charge is -2.34. The van der Waals surface area contributed by atoms with E-state index in [-0.39, 0.29) is 29.5 Å². The van der Waals surface area contributed by atoms with E-state index >= 15 is 0 Å². The zero-order chi connectivity index (χ0) is 15.6. The molecule has 1 aromatic rings. The van der Waals surface area contributed by atoms with Crippen LogP contribution in [0.1, 0.15) is 37.7 Å². The summed E-state index contributed by atoms with van der Waals surface area (Å²) in [5.41, 5.74) is 0.627. The van der Waals surface area contributed by atoms with Crippen molar-refractivity contribution in [2.75, 3.05) is 26.7 Å². The van der Waals surface area contributed by atoms with Crippen LogP contribution in [0.5, 0.6) is 0 Å². The molecule has 1 aromatic carbocycles. The van der Waals surface area contributed by atoms with Gasteiger partial charge in [-0.05, 0) is 69.3 Å². The lowest BCUT2D eigenvalue weighted by molar-refractivity contribution is -0.135. The molecule has 0 bridgehead atoms. The quantitative estimate of drug-likeness (QED) is 0.893. The van der Waals surface area contributed by atoms with E-state index < -0.39 is 0 Å². The van der Waals surface area contributed by atoms with Crippen molar-refractivity contribution in [1.82, 2.24) is 10.2 Å². The summed E-state index contributed by atoms with van der Waals surface area (Å²) in [6, 6.07) is 6.49. The summed E-state index contributed by atoms with van der Waals surface area (Å²) in [6.07, 6.45) is 5.20. The molecule has 128 valence electrons. The van der Waals surface area contributed by atoms with E-state index in [1.54, 1.807) is 12.1 Å². The van der Waals surface area contributed by atoms with Gasteiger partial charge in [0.1, 0.15) is 5.82 Å². The molecule has 2 aliphatic rings. The molecule has 1 N–H and O–H groups in total. The highest BCUT2D eigenvalue weighted by molar-refractivity contribution is 5.91. The Labute approximate surface area is 144 Å². The van der Waals surface area contributed by atoms with Gasteiger partial charge in [0, 0.05) is 13.1 Å². The Morgan fingerprint density at radius 1 is 1.26 bits per heavy atom. The number of carbonyl (C=O) groups excluding carboxylic acids is 1. The Morgan fingerprint density at radius 2 is 1.87 bits per heavy atom. The number of nitrogens with one attached hydrogen (secondary N) is 1. The van der Waals surface area contributed by atoms with Crippen LogP contribution >= 0.6 is 12.4 Å². The van der Waals surface area contributed by atoms with Crippen LogP contribution in [-0.2, 0) is 10.2 Å². The Hall–Kier alpha value is -1.13. The second kappa shape index (κ2) is 7.63. The highest BCUT2D eigenvalue weighted by Gasteiger charge is 2.53. The minimum atomic E-state index is -0.356. The maximum Gasteiger partial charge on any atom is 0.233 e. The minimum Gasteiger partial charge on any atom is -0.342 e. The molecular formula is C18H26ClFN2O. The first-order valence-corrected chi connectivity index (χ1v) is 8.36. The average molecular weight is 341 g/mol. The average Bonchev–Trinajstić information content (AvgIpc) is 3.35. The number of piperidine rings is 1. The summed E-state index contributed by atoms with van der Waals surface area (Å²) >= 11 is 0. The number of hydrogen-bond donors (Lipinski definition) is 1. The van der Waals surface area contributed by atoms with Gasteiger partial charge in [0.15, 0.2) is 0 Å². The lowest BCUT2D eigenvalue weighted by atomic mass is 9.90. The Morgan fingerprint density at radius 3 is 2.39 bits per heavy atom. The molecule has 5 heteroatoms. The van der Waals surface area contributed by atoms with Gasteiger partial charge in [-0.15, -0.1) is 12.4 Å². The van der Waals surface area contributed by atoms with Gasteiger partial charge in [0.05, 0.1) is 5.41 Å². The number of likely N-dealkylation sites (tertiary alicyclic amines) is 1. The Kier molecular flexibility index (Phi) is 6.04. The molecule has 1 aliphatic carbocycles. The Bertz CT molecular complexity index is 522. The van der Waals surface area contributed by atoms with E-state index in [1.807, 2.05) is 11.9 Å². The van der Waals surface area contributed by atoms with Gasteiger partial charge in [-0.25, -0.2) is 4.39 Å². The fourth-order valence-corrected chi connectivity index (χ4v) is 3.60. The smallest absolute Gasteiger partial charge is 0.233 e. The molecule has 1 heterocycles. The summed E-state index contributed by atoms with van der Waals surface area (Å²) < 4.78 is 13.1. The number of hydrogen-bond acceptors (Lipinski definition) is 2. The minimum absolute atomic E-state index is 0. The van der Waals surface area contributed by atoms with Crippen molar-refractivity contribution in [3.63, 3.8) is 0 Å². The number of rotatable bonds is 5. The highest BCUT2D eigenvalue weighted by atomic mass is 35.5. The first-order chi connectivity index (χ1) is 10.7. The van der Waals surface area contributed by atoms with E-state index in [2.05, 4.69) is 5.32 Å². The van der Waals surface area contributed by atoms with E-state index in [0.717, 1.165) is 56.8 Å². The monoisotopic (exact) mass is 340 g/mol. The number of halogens is 2. The summed E-state index contributed by atoms with van der Waals surface area (Å²) in [6.45, 7) is 2.80. The van der Waals surface area contributed by atoms with Gasteiger partial charge in [0.2, 0.25) is 5.91 Å². The third-order valence-corrected chi connectivity index (χ3v) is 5.26. The van der Waals surface area contributed by atoms with Gasteiger partial charge < -0.3 is 10.2 Å². The third-order valence-electron chi connectivity index (χ3n) is 5.26. The number of carbonyl (C=O) groups is 1. The zero-order valence-electron chi connectivity index (χ0n) is 13.7. The van der Waals surface area contributed by atoms with E-state index in [4.69, 9.17) is 0 Å². The third kappa shape index (κ3) is 3.86. The van der Waals surface area contributed by atoms with Gasteiger partial charge in [0.25, 0.3) is 0 Å². The van der Waals surface area contributed by atoms with Crippen molar-refractivity contribution in [3.8, 4) is 0 Å². The summed E-state index contributed by atoms with van der Waals surface area (Å²) in [7, 11) is 1.98. The maximum atomic E-state index is 13.1. The van der Waals surface area contributed by atoms with Crippen molar-refractivity contribution in [3.05, 3.63) is 35.6 Å². The molecule has 0 unspecified atom stereocenters. The highest BCUT2D eigenvalue weighted by Crippen LogP contribution is 2.50. The maximum absolute atomic E-state index is 13.1. The Balaban J connectivity index is 0.00000192. The van der Waals surface area contributed by atoms with Crippen LogP contribution in [0.3, 0.4) is 0 Å². The van der Waals surface area contributed by atoms with Crippen LogP contribution in [0.2, 0.25) is 0 Å². The van der Waals surface area contributed by atoms with E-state index in [0.29, 0.717) is 0 Å². The molecule has 2 fully saturated rings. The number of nitrogens with zero attached hydrogens (tertiary/aromatic N) is 1. The summed E-state index contributed by atoms with van der Waals surface area (Å²) in [5, 5.41) is 3.20. The van der Waals surface area contributed by atoms with Crippen LogP contribution in [0.15, 0.2) is 24.3 Å². The second-order valence-corrected chi connectivity index (χ2v) is 6.72. The van der Waals surface area contributed by atoms with Gasteiger partial charge in [-0.3, -0.25) is 4.79 Å². The molecule has 3 nitrogen and oxygen atoms in total. The van der Waals surface area contributed by atoms with Gasteiger partial charge >= 0.3 is 0 Å².